The first kappa shape index (κ1) is 19.4. The summed E-state index contributed by atoms with van der Waals surface area (Å²) in [5, 5.41) is 4.09. The molecular formula is C24H26N6O. The Bertz CT molecular complexity index is 1160. The fourth-order valence-electron chi connectivity index (χ4n) is 4.22. The van der Waals surface area contributed by atoms with E-state index in [-0.39, 0.29) is 11.9 Å². The quantitative estimate of drug-likeness (QED) is 0.657. The molecule has 4 heterocycles. The molecule has 1 aromatic carbocycles. The Morgan fingerprint density at radius 1 is 1.10 bits per heavy atom. The molecule has 7 heteroatoms. The zero-order valence-corrected chi connectivity index (χ0v) is 18.1. The van der Waals surface area contributed by atoms with Gasteiger partial charge in [0.1, 0.15) is 0 Å². The SMILES string of the molecule is CN1CC=Cc2cc(-c3cncc(N(C)C4CN(C(=O)c5cnn(C)c5)C4)c3)ccc21. The number of likely N-dealkylation sites (N-methyl/N-ethyl adjacent to an activating group) is 2. The van der Waals surface area contributed by atoms with Gasteiger partial charge in [-0.05, 0) is 29.3 Å². The van der Waals surface area contributed by atoms with E-state index in [0.717, 1.165) is 23.4 Å². The van der Waals surface area contributed by atoms with Crippen LogP contribution in [0.5, 0.6) is 0 Å². The molecule has 0 saturated carbocycles. The summed E-state index contributed by atoms with van der Waals surface area (Å²) in [7, 11) is 6.00. The number of nitrogens with zero attached hydrogens (tertiary/aromatic N) is 6. The van der Waals surface area contributed by atoms with Gasteiger partial charge in [0.25, 0.3) is 5.91 Å². The minimum Gasteiger partial charge on any atom is -0.370 e. The molecule has 0 bridgehead atoms. The first-order chi connectivity index (χ1) is 15.0. The van der Waals surface area contributed by atoms with E-state index < -0.39 is 0 Å². The van der Waals surface area contributed by atoms with Crippen molar-refractivity contribution >= 4 is 23.4 Å². The molecular weight excluding hydrogens is 388 g/mol. The number of likely N-dealkylation sites (tertiary alicyclic amines) is 1. The average molecular weight is 415 g/mol. The smallest absolute Gasteiger partial charge is 0.257 e. The van der Waals surface area contributed by atoms with Gasteiger partial charge >= 0.3 is 0 Å². The van der Waals surface area contributed by atoms with Crippen molar-refractivity contribution in [2.24, 2.45) is 7.05 Å². The molecule has 1 saturated heterocycles. The second kappa shape index (κ2) is 7.58. The molecule has 0 unspecified atom stereocenters. The number of aryl methyl sites for hydroxylation is 1. The van der Waals surface area contributed by atoms with E-state index in [9.17, 15) is 4.79 Å². The molecule has 5 rings (SSSR count). The number of anilines is 2. The number of pyridine rings is 1. The molecule has 2 aromatic heterocycles. The fraction of sp³-hybridized carbons (Fsp3) is 0.292. The number of aromatic nitrogens is 3. The van der Waals surface area contributed by atoms with Crippen molar-refractivity contribution in [3.8, 4) is 11.1 Å². The van der Waals surface area contributed by atoms with Gasteiger partial charge in [0.15, 0.2) is 0 Å². The van der Waals surface area contributed by atoms with Crippen LogP contribution >= 0.6 is 0 Å². The fourth-order valence-corrected chi connectivity index (χ4v) is 4.22. The highest BCUT2D eigenvalue weighted by atomic mass is 16.2. The maximum Gasteiger partial charge on any atom is 0.257 e. The number of benzene rings is 1. The highest BCUT2D eigenvalue weighted by Crippen LogP contribution is 2.32. The predicted octanol–water partition coefficient (Wildman–Crippen LogP) is 2.91. The molecule has 0 radical (unpaired) electrons. The number of carbonyl (C=O) groups excluding carboxylic acids is 1. The van der Waals surface area contributed by atoms with Crippen LogP contribution in [0.25, 0.3) is 17.2 Å². The number of hydrogen-bond acceptors (Lipinski definition) is 5. The molecule has 0 atom stereocenters. The standard InChI is InChI=1S/C24H26N6O/c1-27-8-4-5-18-9-17(6-7-23(18)27)19-10-21(13-25-11-19)29(3)22-15-30(16-22)24(31)20-12-26-28(2)14-20/h4-7,9-14,22H,8,15-16H2,1-3H3. The van der Waals surface area contributed by atoms with Gasteiger partial charge < -0.3 is 14.7 Å². The lowest BCUT2D eigenvalue weighted by atomic mass is 10.00. The molecule has 0 N–H and O–H groups in total. The lowest BCUT2D eigenvalue weighted by Gasteiger charge is -2.44. The number of rotatable bonds is 4. The van der Waals surface area contributed by atoms with Gasteiger partial charge in [-0.2, -0.15) is 5.10 Å². The van der Waals surface area contributed by atoms with Crippen LogP contribution in [-0.4, -0.2) is 65.3 Å². The van der Waals surface area contributed by atoms with Crippen molar-refractivity contribution < 1.29 is 4.79 Å². The molecule has 158 valence electrons. The highest BCUT2D eigenvalue weighted by molar-refractivity contribution is 5.94. The molecule has 7 nitrogen and oxygen atoms in total. The first-order valence-electron chi connectivity index (χ1n) is 10.5. The van der Waals surface area contributed by atoms with Crippen molar-refractivity contribution in [1.82, 2.24) is 19.7 Å². The minimum absolute atomic E-state index is 0.0386. The number of fused-ring (bicyclic) bond motifs is 1. The Morgan fingerprint density at radius 3 is 2.71 bits per heavy atom. The van der Waals surface area contributed by atoms with Crippen LogP contribution in [0, 0.1) is 0 Å². The van der Waals surface area contributed by atoms with Gasteiger partial charge in [0.05, 0.1) is 29.7 Å². The lowest BCUT2D eigenvalue weighted by Crippen LogP contribution is -2.60. The summed E-state index contributed by atoms with van der Waals surface area (Å²) >= 11 is 0. The third kappa shape index (κ3) is 3.56. The van der Waals surface area contributed by atoms with E-state index in [4.69, 9.17) is 0 Å². The summed E-state index contributed by atoms with van der Waals surface area (Å²) < 4.78 is 1.66. The van der Waals surface area contributed by atoms with Gasteiger partial charge in [-0.3, -0.25) is 14.5 Å². The largest absolute Gasteiger partial charge is 0.370 e. The molecule has 31 heavy (non-hydrogen) atoms. The van der Waals surface area contributed by atoms with Gasteiger partial charge in [-0.1, -0.05) is 18.2 Å². The summed E-state index contributed by atoms with van der Waals surface area (Å²) in [6, 6.07) is 9.01. The summed E-state index contributed by atoms with van der Waals surface area (Å²) in [5.74, 6) is 0.0386. The molecule has 2 aliphatic rings. The van der Waals surface area contributed by atoms with Crippen LogP contribution in [0.2, 0.25) is 0 Å². The van der Waals surface area contributed by atoms with Crippen molar-refractivity contribution in [3.63, 3.8) is 0 Å². The first-order valence-corrected chi connectivity index (χ1v) is 10.5. The average Bonchev–Trinajstić information content (AvgIpc) is 3.19. The number of carbonyl (C=O) groups is 1. The van der Waals surface area contributed by atoms with E-state index >= 15 is 0 Å². The van der Waals surface area contributed by atoms with Crippen molar-refractivity contribution in [3.05, 3.63) is 66.3 Å². The van der Waals surface area contributed by atoms with Crippen LogP contribution in [0.15, 0.2) is 55.1 Å². The topological polar surface area (TPSA) is 57.5 Å². The monoisotopic (exact) mass is 414 g/mol. The minimum atomic E-state index is 0.0386. The van der Waals surface area contributed by atoms with E-state index in [1.807, 2.05) is 24.3 Å². The van der Waals surface area contributed by atoms with Gasteiger partial charge in [-0.25, -0.2) is 0 Å². The lowest BCUT2D eigenvalue weighted by molar-refractivity contribution is 0.0604. The molecule has 0 aliphatic carbocycles. The van der Waals surface area contributed by atoms with Crippen molar-refractivity contribution in [2.75, 3.05) is 43.5 Å². The van der Waals surface area contributed by atoms with Gasteiger partial charge in [-0.15, -0.1) is 0 Å². The number of amides is 1. The second-order valence-electron chi connectivity index (χ2n) is 8.37. The Balaban J connectivity index is 1.30. The van der Waals surface area contributed by atoms with Crippen LogP contribution in [0.4, 0.5) is 11.4 Å². The molecule has 0 spiro atoms. The summed E-state index contributed by atoms with van der Waals surface area (Å²) in [6.07, 6.45) is 11.6. The Hall–Kier alpha value is -3.61. The predicted molar refractivity (Wildman–Crippen MR) is 123 cm³/mol. The Labute approximate surface area is 182 Å². The van der Waals surface area contributed by atoms with E-state index in [1.54, 1.807) is 17.1 Å². The zero-order valence-electron chi connectivity index (χ0n) is 18.1. The second-order valence-corrected chi connectivity index (χ2v) is 8.37. The zero-order chi connectivity index (χ0) is 21.5. The Kier molecular flexibility index (Phi) is 4.73. The normalized spacial score (nSPS) is 15.6. The molecule has 1 fully saturated rings. The molecule has 2 aliphatic heterocycles. The Morgan fingerprint density at radius 2 is 1.94 bits per heavy atom. The van der Waals surface area contributed by atoms with Crippen LogP contribution in [0.3, 0.4) is 0 Å². The van der Waals surface area contributed by atoms with E-state index in [1.165, 1.54) is 11.3 Å². The summed E-state index contributed by atoms with van der Waals surface area (Å²) in [5.41, 5.74) is 6.43. The van der Waals surface area contributed by atoms with E-state index in [0.29, 0.717) is 18.7 Å². The summed E-state index contributed by atoms with van der Waals surface area (Å²) in [4.78, 5) is 23.4. The van der Waals surface area contributed by atoms with Crippen LogP contribution in [0.1, 0.15) is 15.9 Å². The van der Waals surface area contributed by atoms with Crippen molar-refractivity contribution in [2.45, 2.75) is 6.04 Å². The van der Waals surface area contributed by atoms with Crippen molar-refractivity contribution in [1.29, 1.82) is 0 Å². The van der Waals surface area contributed by atoms with Gasteiger partial charge in [0, 0.05) is 64.4 Å². The molecule has 3 aromatic rings. The third-order valence-electron chi connectivity index (χ3n) is 6.23. The maximum atomic E-state index is 12.6. The molecule has 1 amide bonds. The number of hydrogen-bond donors (Lipinski definition) is 0. The summed E-state index contributed by atoms with van der Waals surface area (Å²) in [6.45, 7) is 2.34. The van der Waals surface area contributed by atoms with Crippen LogP contribution in [-0.2, 0) is 7.05 Å². The maximum absolute atomic E-state index is 12.6. The van der Waals surface area contributed by atoms with E-state index in [2.05, 4.69) is 70.4 Å². The van der Waals surface area contributed by atoms with Gasteiger partial charge in [0.2, 0.25) is 0 Å². The third-order valence-corrected chi connectivity index (χ3v) is 6.23. The van der Waals surface area contributed by atoms with Crippen LogP contribution < -0.4 is 9.80 Å². The highest BCUT2D eigenvalue weighted by Gasteiger charge is 2.34.